The third kappa shape index (κ3) is 4.02. The third-order valence-corrected chi connectivity index (χ3v) is 2.83. The fourth-order valence-electron chi connectivity index (χ4n) is 1.51. The molecular weight excluding hydrogens is 229 g/mol. The maximum absolute atomic E-state index is 5.97. The summed E-state index contributed by atoms with van der Waals surface area (Å²) in [5, 5.41) is 4.69. The van der Waals surface area contributed by atoms with Gasteiger partial charge in [0.1, 0.15) is 0 Å². The molecule has 0 radical (unpaired) electrons. The Morgan fingerprint density at radius 3 is 2.20 bits per heavy atom. The Kier molecular flexibility index (Phi) is 4.05. The molecule has 0 saturated heterocycles. The summed E-state index contributed by atoms with van der Waals surface area (Å²) in [5.74, 6) is 0. The lowest BCUT2D eigenvalue weighted by molar-refractivity contribution is 0.378. The summed E-state index contributed by atoms with van der Waals surface area (Å²) in [6.45, 7) is 8.54. The van der Waals surface area contributed by atoms with Crippen LogP contribution < -0.4 is 5.32 Å². The van der Waals surface area contributed by atoms with Crippen LogP contribution >= 0.6 is 23.2 Å². The number of hydrogen-bond donors (Lipinski definition) is 1. The highest BCUT2D eigenvalue weighted by molar-refractivity contribution is 6.42. The Morgan fingerprint density at radius 2 is 1.73 bits per heavy atom. The highest BCUT2D eigenvalue weighted by atomic mass is 35.5. The zero-order chi connectivity index (χ0) is 11.6. The van der Waals surface area contributed by atoms with Crippen molar-refractivity contribution in [2.24, 2.45) is 0 Å². The summed E-state index contributed by atoms with van der Waals surface area (Å²) in [6, 6.07) is 6.00. The zero-order valence-corrected chi connectivity index (χ0v) is 11.1. The van der Waals surface area contributed by atoms with Crippen LogP contribution in [-0.2, 0) is 0 Å². The molecule has 0 aromatic heterocycles. The van der Waals surface area contributed by atoms with Crippen molar-refractivity contribution in [2.45, 2.75) is 39.3 Å². The van der Waals surface area contributed by atoms with Gasteiger partial charge in [-0.2, -0.15) is 0 Å². The van der Waals surface area contributed by atoms with Crippen molar-refractivity contribution in [3.8, 4) is 0 Å². The van der Waals surface area contributed by atoms with Gasteiger partial charge in [0.05, 0.1) is 10.0 Å². The summed E-state index contributed by atoms with van der Waals surface area (Å²) >= 11 is 11.8. The molecule has 1 aromatic carbocycles. The van der Waals surface area contributed by atoms with Gasteiger partial charge < -0.3 is 5.32 Å². The van der Waals surface area contributed by atoms with E-state index in [0.717, 1.165) is 5.56 Å². The highest BCUT2D eigenvalue weighted by Crippen LogP contribution is 2.26. The standard InChI is InChI=1S/C12H17Cl2N/c1-8(15-12(2,3)4)9-5-6-10(13)11(14)7-9/h5-8,15H,1-4H3. The first-order valence-corrected chi connectivity index (χ1v) is 5.78. The molecule has 0 amide bonds. The van der Waals surface area contributed by atoms with E-state index in [1.54, 1.807) is 0 Å². The van der Waals surface area contributed by atoms with Crippen LogP contribution in [-0.4, -0.2) is 5.54 Å². The molecule has 0 spiro atoms. The molecule has 0 heterocycles. The van der Waals surface area contributed by atoms with Gasteiger partial charge in [0.2, 0.25) is 0 Å². The molecule has 0 fully saturated rings. The molecule has 0 aliphatic heterocycles. The van der Waals surface area contributed by atoms with Crippen LogP contribution in [0.1, 0.15) is 39.3 Å². The Morgan fingerprint density at radius 1 is 1.13 bits per heavy atom. The van der Waals surface area contributed by atoms with E-state index in [9.17, 15) is 0 Å². The first-order chi connectivity index (χ1) is 6.79. The van der Waals surface area contributed by atoms with Crippen LogP contribution in [0.4, 0.5) is 0 Å². The molecule has 1 nitrogen and oxygen atoms in total. The van der Waals surface area contributed by atoms with Crippen molar-refractivity contribution in [1.82, 2.24) is 5.32 Å². The topological polar surface area (TPSA) is 12.0 Å². The maximum atomic E-state index is 5.97. The van der Waals surface area contributed by atoms with Crippen molar-refractivity contribution in [3.63, 3.8) is 0 Å². The number of benzene rings is 1. The second kappa shape index (κ2) is 4.73. The van der Waals surface area contributed by atoms with E-state index in [1.807, 2.05) is 18.2 Å². The van der Waals surface area contributed by atoms with E-state index in [1.165, 1.54) is 0 Å². The molecule has 1 rings (SSSR count). The van der Waals surface area contributed by atoms with Gasteiger partial charge in [-0.05, 0) is 45.4 Å². The van der Waals surface area contributed by atoms with Crippen LogP contribution in [0.15, 0.2) is 18.2 Å². The Labute approximate surface area is 102 Å². The zero-order valence-electron chi connectivity index (χ0n) is 9.57. The lowest BCUT2D eigenvalue weighted by atomic mass is 10.0. The van der Waals surface area contributed by atoms with Gasteiger partial charge in [-0.25, -0.2) is 0 Å². The van der Waals surface area contributed by atoms with E-state index in [-0.39, 0.29) is 11.6 Å². The second-order valence-electron chi connectivity index (χ2n) is 4.79. The van der Waals surface area contributed by atoms with Crippen LogP contribution in [0, 0.1) is 0 Å². The van der Waals surface area contributed by atoms with Crippen LogP contribution in [0.5, 0.6) is 0 Å². The molecule has 1 N–H and O–H groups in total. The summed E-state index contributed by atoms with van der Waals surface area (Å²) in [5.41, 5.74) is 1.24. The lowest BCUT2D eigenvalue weighted by Gasteiger charge is -2.26. The minimum Gasteiger partial charge on any atom is -0.306 e. The monoisotopic (exact) mass is 245 g/mol. The summed E-state index contributed by atoms with van der Waals surface area (Å²) in [7, 11) is 0. The molecule has 84 valence electrons. The van der Waals surface area contributed by atoms with Gasteiger partial charge >= 0.3 is 0 Å². The average molecular weight is 246 g/mol. The fraction of sp³-hybridized carbons (Fsp3) is 0.500. The summed E-state index contributed by atoms with van der Waals surface area (Å²) < 4.78 is 0. The maximum Gasteiger partial charge on any atom is 0.0595 e. The van der Waals surface area contributed by atoms with Crippen molar-refractivity contribution >= 4 is 23.2 Å². The van der Waals surface area contributed by atoms with E-state index < -0.39 is 0 Å². The Bertz CT molecular complexity index is 342. The van der Waals surface area contributed by atoms with Gasteiger partial charge in [0, 0.05) is 11.6 Å². The van der Waals surface area contributed by atoms with Crippen molar-refractivity contribution < 1.29 is 0 Å². The third-order valence-electron chi connectivity index (χ3n) is 2.09. The molecule has 1 aromatic rings. The first-order valence-electron chi connectivity index (χ1n) is 5.02. The minimum absolute atomic E-state index is 0.0888. The molecule has 15 heavy (non-hydrogen) atoms. The van der Waals surface area contributed by atoms with Gasteiger partial charge in [-0.15, -0.1) is 0 Å². The van der Waals surface area contributed by atoms with Gasteiger partial charge in [0.25, 0.3) is 0 Å². The molecular formula is C12H17Cl2N. The molecule has 3 heteroatoms. The average Bonchev–Trinajstić information content (AvgIpc) is 2.06. The van der Waals surface area contributed by atoms with Crippen molar-refractivity contribution in [2.75, 3.05) is 0 Å². The molecule has 1 atom stereocenters. The predicted molar refractivity (Wildman–Crippen MR) is 67.8 cm³/mol. The van der Waals surface area contributed by atoms with E-state index in [4.69, 9.17) is 23.2 Å². The van der Waals surface area contributed by atoms with Gasteiger partial charge in [0.15, 0.2) is 0 Å². The van der Waals surface area contributed by atoms with E-state index in [0.29, 0.717) is 10.0 Å². The smallest absolute Gasteiger partial charge is 0.0595 e. The second-order valence-corrected chi connectivity index (χ2v) is 5.60. The SMILES string of the molecule is CC(NC(C)(C)C)c1ccc(Cl)c(Cl)c1. The normalized spacial score (nSPS) is 14.0. The first kappa shape index (κ1) is 12.8. The lowest BCUT2D eigenvalue weighted by Crippen LogP contribution is -2.37. The molecule has 0 aliphatic rings. The number of hydrogen-bond acceptors (Lipinski definition) is 1. The number of halogens is 2. The van der Waals surface area contributed by atoms with Crippen LogP contribution in [0.3, 0.4) is 0 Å². The highest BCUT2D eigenvalue weighted by Gasteiger charge is 2.15. The molecule has 0 aliphatic carbocycles. The molecule has 1 unspecified atom stereocenters. The van der Waals surface area contributed by atoms with E-state index >= 15 is 0 Å². The summed E-state index contributed by atoms with van der Waals surface area (Å²) in [4.78, 5) is 0. The van der Waals surface area contributed by atoms with E-state index in [2.05, 4.69) is 33.0 Å². The summed E-state index contributed by atoms with van der Waals surface area (Å²) in [6.07, 6.45) is 0. The predicted octanol–water partition coefficient (Wildman–Crippen LogP) is 4.44. The van der Waals surface area contributed by atoms with Crippen LogP contribution in [0.25, 0.3) is 0 Å². The quantitative estimate of drug-likeness (QED) is 0.813. The van der Waals surface area contributed by atoms with Gasteiger partial charge in [-0.1, -0.05) is 29.3 Å². The van der Waals surface area contributed by atoms with Gasteiger partial charge in [-0.3, -0.25) is 0 Å². The number of rotatable bonds is 2. The number of nitrogens with one attached hydrogen (secondary N) is 1. The molecule has 0 bridgehead atoms. The molecule has 0 saturated carbocycles. The fourth-order valence-corrected chi connectivity index (χ4v) is 1.82. The van der Waals surface area contributed by atoms with Crippen molar-refractivity contribution in [1.29, 1.82) is 0 Å². The minimum atomic E-state index is 0.0888. The Hall–Kier alpha value is -0.240. The largest absolute Gasteiger partial charge is 0.306 e. The Balaban J connectivity index is 2.83. The van der Waals surface area contributed by atoms with Crippen molar-refractivity contribution in [3.05, 3.63) is 33.8 Å². The van der Waals surface area contributed by atoms with Crippen LogP contribution in [0.2, 0.25) is 10.0 Å².